The molecular weight excluding hydrogens is 288 g/mol. The summed E-state index contributed by atoms with van der Waals surface area (Å²) in [5, 5.41) is 15.3. The Hall–Kier alpha value is -3.46. The second-order valence-electron chi connectivity index (χ2n) is 4.73. The molecule has 3 rings (SSSR count). The van der Waals surface area contributed by atoms with Crippen LogP contribution in [0, 0.1) is 11.3 Å². The molecule has 2 N–H and O–H groups in total. The van der Waals surface area contributed by atoms with Gasteiger partial charge in [-0.25, -0.2) is 4.98 Å². The number of anilines is 3. The molecule has 3 aromatic rings. The zero-order chi connectivity index (χ0) is 16.1. The highest BCUT2D eigenvalue weighted by Crippen LogP contribution is 2.24. The van der Waals surface area contributed by atoms with E-state index >= 15 is 0 Å². The van der Waals surface area contributed by atoms with Crippen molar-refractivity contribution in [3.05, 3.63) is 60.4 Å². The summed E-state index contributed by atoms with van der Waals surface area (Å²) in [7, 11) is 1.76. The van der Waals surface area contributed by atoms with Gasteiger partial charge in [0.25, 0.3) is 0 Å². The Kier molecular flexibility index (Phi) is 4.11. The normalized spacial score (nSPS) is 9.91. The summed E-state index contributed by atoms with van der Waals surface area (Å²) in [6.07, 6.45) is 3.43. The lowest BCUT2D eigenvalue weighted by molar-refractivity contribution is 1.15. The van der Waals surface area contributed by atoms with Crippen LogP contribution >= 0.6 is 0 Å². The molecule has 2 heterocycles. The zero-order valence-corrected chi connectivity index (χ0v) is 12.5. The Labute approximate surface area is 133 Å². The predicted octanol–water partition coefficient (Wildman–Crippen LogP) is 3.20. The minimum Gasteiger partial charge on any atom is -0.357 e. The van der Waals surface area contributed by atoms with Gasteiger partial charge < -0.3 is 10.6 Å². The molecule has 23 heavy (non-hydrogen) atoms. The van der Waals surface area contributed by atoms with Crippen LogP contribution in [0.3, 0.4) is 0 Å². The molecule has 0 saturated heterocycles. The van der Waals surface area contributed by atoms with E-state index in [2.05, 4.69) is 31.7 Å². The Morgan fingerprint density at radius 1 is 1.04 bits per heavy atom. The SMILES string of the molecule is CNc1nc(Nc2ccccc2C#N)cc(-c2ccncc2)n1. The predicted molar refractivity (Wildman–Crippen MR) is 89.2 cm³/mol. The topological polar surface area (TPSA) is 86.5 Å². The molecule has 0 fully saturated rings. The Morgan fingerprint density at radius 2 is 1.83 bits per heavy atom. The largest absolute Gasteiger partial charge is 0.357 e. The van der Waals surface area contributed by atoms with E-state index in [1.54, 1.807) is 25.5 Å². The summed E-state index contributed by atoms with van der Waals surface area (Å²) >= 11 is 0. The van der Waals surface area contributed by atoms with E-state index in [1.807, 2.05) is 36.4 Å². The van der Waals surface area contributed by atoms with Crippen LogP contribution in [-0.2, 0) is 0 Å². The maximum absolute atomic E-state index is 9.19. The lowest BCUT2D eigenvalue weighted by Gasteiger charge is -2.10. The molecule has 0 saturated carbocycles. The van der Waals surface area contributed by atoms with Crippen LogP contribution in [0.2, 0.25) is 0 Å². The quantitative estimate of drug-likeness (QED) is 0.769. The van der Waals surface area contributed by atoms with E-state index in [9.17, 15) is 5.26 Å². The van der Waals surface area contributed by atoms with Gasteiger partial charge in [0.2, 0.25) is 5.95 Å². The van der Waals surface area contributed by atoms with Crippen LogP contribution in [0.4, 0.5) is 17.5 Å². The van der Waals surface area contributed by atoms with Crippen molar-refractivity contribution in [1.82, 2.24) is 15.0 Å². The second kappa shape index (κ2) is 6.54. The van der Waals surface area contributed by atoms with Crippen LogP contribution in [0.1, 0.15) is 5.56 Å². The molecule has 1 aromatic carbocycles. The van der Waals surface area contributed by atoms with Gasteiger partial charge in [0.15, 0.2) is 0 Å². The van der Waals surface area contributed by atoms with E-state index < -0.39 is 0 Å². The maximum Gasteiger partial charge on any atom is 0.224 e. The highest BCUT2D eigenvalue weighted by Gasteiger charge is 2.08. The first kappa shape index (κ1) is 14.5. The third kappa shape index (κ3) is 3.24. The van der Waals surface area contributed by atoms with Gasteiger partial charge in [0.1, 0.15) is 11.9 Å². The minimum atomic E-state index is 0.497. The number of benzene rings is 1. The first-order chi connectivity index (χ1) is 11.3. The summed E-state index contributed by atoms with van der Waals surface area (Å²) in [5.41, 5.74) is 2.97. The summed E-state index contributed by atoms with van der Waals surface area (Å²) in [6, 6.07) is 15.1. The van der Waals surface area contributed by atoms with Crippen molar-refractivity contribution in [3.8, 4) is 17.3 Å². The molecule has 2 aromatic heterocycles. The molecule has 0 unspecified atom stereocenters. The lowest BCUT2D eigenvalue weighted by atomic mass is 10.2. The molecule has 0 aliphatic rings. The van der Waals surface area contributed by atoms with Crippen LogP contribution in [0.15, 0.2) is 54.9 Å². The highest BCUT2D eigenvalue weighted by atomic mass is 15.1. The van der Waals surface area contributed by atoms with Crippen molar-refractivity contribution in [2.45, 2.75) is 0 Å². The van der Waals surface area contributed by atoms with Gasteiger partial charge in [-0.1, -0.05) is 12.1 Å². The van der Waals surface area contributed by atoms with E-state index in [0.717, 1.165) is 11.3 Å². The Balaban J connectivity index is 2.01. The molecule has 0 aliphatic heterocycles. The number of nitrogens with zero attached hydrogens (tertiary/aromatic N) is 4. The molecule has 6 heteroatoms. The summed E-state index contributed by atoms with van der Waals surface area (Å²) in [6.45, 7) is 0. The van der Waals surface area contributed by atoms with Crippen molar-refractivity contribution in [1.29, 1.82) is 5.26 Å². The number of hydrogen-bond donors (Lipinski definition) is 2. The first-order valence-electron chi connectivity index (χ1n) is 7.03. The van der Waals surface area contributed by atoms with Crippen LogP contribution in [0.5, 0.6) is 0 Å². The number of nitriles is 1. The van der Waals surface area contributed by atoms with E-state index in [-0.39, 0.29) is 0 Å². The fourth-order valence-electron chi connectivity index (χ4n) is 2.12. The van der Waals surface area contributed by atoms with Gasteiger partial charge in [-0.2, -0.15) is 10.2 Å². The molecule has 0 atom stereocenters. The summed E-state index contributed by atoms with van der Waals surface area (Å²) in [5.74, 6) is 1.11. The number of aromatic nitrogens is 3. The zero-order valence-electron chi connectivity index (χ0n) is 12.5. The number of pyridine rings is 1. The average molecular weight is 302 g/mol. The summed E-state index contributed by atoms with van der Waals surface area (Å²) < 4.78 is 0. The molecule has 112 valence electrons. The molecular formula is C17H14N6. The van der Waals surface area contributed by atoms with Crippen molar-refractivity contribution in [3.63, 3.8) is 0 Å². The van der Waals surface area contributed by atoms with Gasteiger partial charge in [-0.3, -0.25) is 4.98 Å². The van der Waals surface area contributed by atoms with Crippen LogP contribution in [-0.4, -0.2) is 22.0 Å². The average Bonchev–Trinajstić information content (AvgIpc) is 2.62. The third-order valence-electron chi connectivity index (χ3n) is 3.24. The monoisotopic (exact) mass is 302 g/mol. The fourth-order valence-corrected chi connectivity index (χ4v) is 2.12. The molecule has 0 aliphatic carbocycles. The van der Waals surface area contributed by atoms with Crippen LogP contribution in [0.25, 0.3) is 11.3 Å². The van der Waals surface area contributed by atoms with Gasteiger partial charge in [0.05, 0.1) is 16.9 Å². The number of nitrogens with one attached hydrogen (secondary N) is 2. The van der Waals surface area contributed by atoms with Crippen LogP contribution < -0.4 is 10.6 Å². The maximum atomic E-state index is 9.19. The van der Waals surface area contributed by atoms with Crippen molar-refractivity contribution >= 4 is 17.5 Å². The summed E-state index contributed by atoms with van der Waals surface area (Å²) in [4.78, 5) is 12.9. The molecule has 0 radical (unpaired) electrons. The highest BCUT2D eigenvalue weighted by molar-refractivity contribution is 5.69. The van der Waals surface area contributed by atoms with Crippen molar-refractivity contribution in [2.24, 2.45) is 0 Å². The lowest BCUT2D eigenvalue weighted by Crippen LogP contribution is -2.03. The Morgan fingerprint density at radius 3 is 2.57 bits per heavy atom. The van der Waals surface area contributed by atoms with Gasteiger partial charge in [-0.15, -0.1) is 0 Å². The fraction of sp³-hybridized carbons (Fsp3) is 0.0588. The second-order valence-corrected chi connectivity index (χ2v) is 4.73. The minimum absolute atomic E-state index is 0.497. The van der Waals surface area contributed by atoms with E-state index in [4.69, 9.17) is 0 Å². The van der Waals surface area contributed by atoms with E-state index in [1.165, 1.54) is 0 Å². The first-order valence-corrected chi connectivity index (χ1v) is 7.03. The molecule has 0 spiro atoms. The molecule has 0 bridgehead atoms. The van der Waals surface area contributed by atoms with E-state index in [0.29, 0.717) is 23.0 Å². The third-order valence-corrected chi connectivity index (χ3v) is 3.24. The van der Waals surface area contributed by atoms with Gasteiger partial charge in [0, 0.05) is 31.1 Å². The number of hydrogen-bond acceptors (Lipinski definition) is 6. The van der Waals surface area contributed by atoms with Crippen molar-refractivity contribution in [2.75, 3.05) is 17.7 Å². The van der Waals surface area contributed by atoms with Gasteiger partial charge in [-0.05, 0) is 24.3 Å². The Bertz CT molecular complexity index is 854. The van der Waals surface area contributed by atoms with Crippen molar-refractivity contribution < 1.29 is 0 Å². The van der Waals surface area contributed by atoms with Gasteiger partial charge >= 0.3 is 0 Å². The smallest absolute Gasteiger partial charge is 0.224 e. The number of para-hydroxylation sites is 1. The number of rotatable bonds is 4. The molecule has 6 nitrogen and oxygen atoms in total. The molecule has 0 amide bonds. The standard InChI is InChI=1S/C17H14N6/c1-19-17-22-15(12-6-8-20-9-7-12)10-16(23-17)21-14-5-3-2-4-13(14)11-18/h2-10H,1H3,(H2,19,21,22,23).